The summed E-state index contributed by atoms with van der Waals surface area (Å²) in [6.07, 6.45) is -10.6. The number of aromatic nitrogens is 4. The van der Waals surface area contributed by atoms with Gasteiger partial charge in [-0.15, -0.1) is 0 Å². The Morgan fingerprint density at radius 1 is 0.865 bits per heavy atom. The van der Waals surface area contributed by atoms with Crippen LogP contribution < -0.4 is 22.5 Å². The molecule has 204 valence electrons. The van der Waals surface area contributed by atoms with Gasteiger partial charge in [-0.2, -0.15) is 0 Å². The van der Waals surface area contributed by atoms with E-state index < -0.39 is 92.6 Å². The first-order valence-corrected chi connectivity index (χ1v) is 12.2. The minimum atomic E-state index is -5.06. The number of phosphoric ester groups is 1. The lowest BCUT2D eigenvalue weighted by Gasteiger charge is -2.23. The van der Waals surface area contributed by atoms with E-state index in [4.69, 9.17) is 18.5 Å². The van der Waals surface area contributed by atoms with Crippen LogP contribution in [0.1, 0.15) is 12.5 Å². The van der Waals surface area contributed by atoms with E-state index >= 15 is 0 Å². The highest BCUT2D eigenvalue weighted by molar-refractivity contribution is 7.47. The van der Waals surface area contributed by atoms with Crippen LogP contribution in [0.2, 0.25) is 0 Å². The Morgan fingerprint density at radius 3 is 1.89 bits per heavy atom. The van der Waals surface area contributed by atoms with Gasteiger partial charge in [-0.3, -0.25) is 37.7 Å². The van der Waals surface area contributed by atoms with E-state index in [0.717, 1.165) is 33.7 Å². The molecule has 7 N–H and O–H groups in total. The van der Waals surface area contributed by atoms with Crippen LogP contribution >= 0.6 is 7.82 Å². The highest BCUT2D eigenvalue weighted by Crippen LogP contribution is 2.49. The number of H-pyrrole nitrogens is 2. The van der Waals surface area contributed by atoms with Gasteiger partial charge in [-0.25, -0.2) is 14.2 Å². The molecule has 0 saturated carbocycles. The zero-order valence-electron chi connectivity index (χ0n) is 18.6. The lowest BCUT2D eigenvalue weighted by atomic mass is 10.1. The monoisotopic (exact) mass is 550 g/mol. The molecule has 4 heterocycles. The Morgan fingerprint density at radius 2 is 1.38 bits per heavy atom. The van der Waals surface area contributed by atoms with Crippen LogP contribution in [-0.4, -0.2) is 94.3 Å². The van der Waals surface area contributed by atoms with E-state index in [-0.39, 0.29) is 0 Å². The van der Waals surface area contributed by atoms with E-state index in [2.05, 4.69) is 0 Å². The van der Waals surface area contributed by atoms with E-state index in [9.17, 15) is 49.1 Å². The summed E-state index contributed by atoms with van der Waals surface area (Å²) >= 11 is 0. The molecule has 0 aliphatic carbocycles. The maximum atomic E-state index is 12.6. The van der Waals surface area contributed by atoms with E-state index in [1.54, 1.807) is 0 Å². The lowest BCUT2D eigenvalue weighted by Crippen LogP contribution is -2.39. The number of phosphoric acid groups is 1. The molecule has 18 nitrogen and oxygen atoms in total. The summed E-state index contributed by atoms with van der Waals surface area (Å²) in [6, 6.07) is 1.94. The predicted molar refractivity (Wildman–Crippen MR) is 116 cm³/mol. The zero-order chi connectivity index (χ0) is 27.1. The van der Waals surface area contributed by atoms with Crippen molar-refractivity contribution in [2.24, 2.45) is 0 Å². The Bertz CT molecular complexity index is 1400. The fourth-order valence-electron chi connectivity index (χ4n) is 3.93. The van der Waals surface area contributed by atoms with Crippen LogP contribution in [0.4, 0.5) is 0 Å². The first kappa shape index (κ1) is 27.3. The molecule has 37 heavy (non-hydrogen) atoms. The van der Waals surface area contributed by atoms with Gasteiger partial charge in [-0.1, -0.05) is 0 Å². The first-order chi connectivity index (χ1) is 17.4. The Balaban J connectivity index is 1.43. The molecule has 2 aliphatic heterocycles. The van der Waals surface area contributed by atoms with E-state index in [0.29, 0.717) is 0 Å². The number of rotatable bonds is 8. The number of hydrogen-bond donors (Lipinski definition) is 7. The summed E-state index contributed by atoms with van der Waals surface area (Å²) in [4.78, 5) is 60.5. The van der Waals surface area contributed by atoms with Crippen LogP contribution in [0.3, 0.4) is 0 Å². The van der Waals surface area contributed by atoms with Crippen molar-refractivity contribution in [1.82, 2.24) is 19.1 Å². The average molecular weight is 550 g/mol. The summed E-state index contributed by atoms with van der Waals surface area (Å²) in [6.45, 7) is -1.64. The normalized spacial score (nSPS) is 33.4. The van der Waals surface area contributed by atoms with E-state index in [1.807, 2.05) is 9.97 Å². The van der Waals surface area contributed by atoms with Crippen molar-refractivity contribution in [3.8, 4) is 0 Å². The lowest BCUT2D eigenvalue weighted by molar-refractivity contribution is -0.0615. The molecule has 9 atom stereocenters. The number of nitrogens with zero attached hydrogens (tertiary/aromatic N) is 2. The van der Waals surface area contributed by atoms with Crippen molar-refractivity contribution < 1.29 is 48.4 Å². The quantitative estimate of drug-likeness (QED) is 0.153. The van der Waals surface area contributed by atoms with Crippen LogP contribution in [0.25, 0.3) is 0 Å². The molecule has 0 bridgehead atoms. The van der Waals surface area contributed by atoms with Gasteiger partial charge in [0.25, 0.3) is 11.1 Å². The van der Waals surface area contributed by atoms with Crippen molar-refractivity contribution in [2.75, 3.05) is 13.2 Å². The second kappa shape index (κ2) is 10.5. The van der Waals surface area contributed by atoms with Gasteiger partial charge in [0.1, 0.15) is 36.6 Å². The largest absolute Gasteiger partial charge is 0.472 e. The maximum Gasteiger partial charge on any atom is 0.472 e. The second-order valence-electron chi connectivity index (χ2n) is 8.15. The SMILES string of the molecule is O=c1ccn([C@@H]2O[C@H](COP(=O)(O)O[C@H]3[C@@H](O)[C@@H](n4ccc(=O)[nH]c4=O)O[C@H]3CO)[C@H](O)[C@@H]2O)c(=O)[nH]1. The molecule has 0 aromatic carbocycles. The Kier molecular flexibility index (Phi) is 7.77. The number of hydrogen-bond acceptors (Lipinski definition) is 13. The van der Waals surface area contributed by atoms with Gasteiger partial charge in [0.2, 0.25) is 0 Å². The third-order valence-electron chi connectivity index (χ3n) is 5.73. The van der Waals surface area contributed by atoms with Crippen molar-refractivity contribution in [2.45, 2.75) is 49.1 Å². The molecule has 0 radical (unpaired) electrons. The standard InChI is InChI=1S/C18H23N4O14P/c23-5-7-14(13(28)16(34-7)22-4-2-10(25)20-18(22)30)36-37(31,32)33-6-8-11(26)12(27)15(35-8)21-3-1-9(24)19-17(21)29/h1-4,7-8,11-16,23,26-28H,5-6H2,(H,31,32)(H,19,24,29)(H,20,25,30)/t7-,8+,11-,12-,13+,14+,15+,16-/m0/s1. The molecule has 0 amide bonds. The van der Waals surface area contributed by atoms with Crippen molar-refractivity contribution in [3.05, 3.63) is 66.2 Å². The van der Waals surface area contributed by atoms with Gasteiger partial charge in [-0.05, 0) is 0 Å². The van der Waals surface area contributed by atoms with Gasteiger partial charge in [0, 0.05) is 24.5 Å². The number of ether oxygens (including phenoxy) is 2. The highest BCUT2D eigenvalue weighted by Gasteiger charge is 2.50. The molecule has 0 spiro atoms. The fraction of sp³-hybridized carbons (Fsp3) is 0.556. The van der Waals surface area contributed by atoms with Crippen LogP contribution in [0, 0.1) is 0 Å². The molecule has 2 aromatic rings. The smallest absolute Gasteiger partial charge is 0.394 e. The Hall–Kier alpha value is -2.77. The minimum Gasteiger partial charge on any atom is -0.394 e. The zero-order valence-corrected chi connectivity index (χ0v) is 19.5. The molecular weight excluding hydrogens is 527 g/mol. The summed E-state index contributed by atoms with van der Waals surface area (Å²) < 4.78 is 34.7. The van der Waals surface area contributed by atoms with Crippen molar-refractivity contribution in [3.63, 3.8) is 0 Å². The molecule has 2 fully saturated rings. The van der Waals surface area contributed by atoms with Crippen molar-refractivity contribution >= 4 is 7.82 Å². The molecule has 1 unspecified atom stereocenters. The maximum absolute atomic E-state index is 12.6. The van der Waals surface area contributed by atoms with Gasteiger partial charge in [0.05, 0.1) is 13.2 Å². The second-order valence-corrected chi connectivity index (χ2v) is 9.56. The van der Waals surface area contributed by atoms with Gasteiger partial charge in [0.15, 0.2) is 12.5 Å². The van der Waals surface area contributed by atoms with Gasteiger partial charge >= 0.3 is 19.2 Å². The third kappa shape index (κ3) is 5.58. The Labute approximate surface area is 204 Å². The van der Waals surface area contributed by atoms with Crippen LogP contribution in [0.15, 0.2) is 43.7 Å². The minimum absolute atomic E-state index is 0.709. The summed E-state index contributed by atoms with van der Waals surface area (Å²) in [7, 11) is -5.06. The molecular formula is C18H23N4O14P. The molecule has 2 aliphatic rings. The predicted octanol–water partition coefficient (Wildman–Crippen LogP) is -4.54. The fourth-order valence-corrected chi connectivity index (χ4v) is 4.89. The van der Waals surface area contributed by atoms with E-state index in [1.165, 1.54) is 0 Å². The van der Waals surface area contributed by atoms with Crippen LogP contribution in [-0.2, 0) is 23.1 Å². The number of aliphatic hydroxyl groups is 4. The van der Waals surface area contributed by atoms with Crippen molar-refractivity contribution in [1.29, 1.82) is 0 Å². The molecule has 2 aromatic heterocycles. The van der Waals surface area contributed by atoms with Gasteiger partial charge < -0.3 is 34.8 Å². The summed E-state index contributed by atoms with van der Waals surface area (Å²) in [5.41, 5.74) is -3.33. The number of nitrogens with one attached hydrogen (secondary N) is 2. The topological polar surface area (TPSA) is 265 Å². The van der Waals surface area contributed by atoms with Crippen LogP contribution in [0.5, 0.6) is 0 Å². The summed E-state index contributed by atoms with van der Waals surface area (Å²) in [5.74, 6) is 0. The molecule has 2 saturated heterocycles. The molecule has 19 heteroatoms. The average Bonchev–Trinajstić information content (AvgIpc) is 3.28. The number of aromatic amines is 2. The molecule has 4 rings (SSSR count). The number of aliphatic hydroxyl groups excluding tert-OH is 4. The summed E-state index contributed by atoms with van der Waals surface area (Å²) in [5, 5.41) is 40.6. The third-order valence-corrected chi connectivity index (χ3v) is 6.72. The highest BCUT2D eigenvalue weighted by atomic mass is 31.2. The first-order valence-electron chi connectivity index (χ1n) is 10.7.